The number of amides is 1. The quantitative estimate of drug-likeness (QED) is 0.789. The van der Waals surface area contributed by atoms with Crippen molar-refractivity contribution in [2.75, 3.05) is 19.7 Å². The summed E-state index contributed by atoms with van der Waals surface area (Å²) in [7, 11) is 0. The van der Waals surface area contributed by atoms with Crippen LogP contribution in [0.15, 0.2) is 54.6 Å². The van der Waals surface area contributed by atoms with Gasteiger partial charge in [-0.1, -0.05) is 48.5 Å². The van der Waals surface area contributed by atoms with Crippen LogP contribution in [0.5, 0.6) is 0 Å². The van der Waals surface area contributed by atoms with Gasteiger partial charge in [-0.3, -0.25) is 4.79 Å². The highest BCUT2D eigenvalue weighted by molar-refractivity contribution is 5.89. The van der Waals surface area contributed by atoms with Gasteiger partial charge < -0.3 is 14.7 Å². The smallest absolute Gasteiger partial charge is 0.335 e. The maximum atomic E-state index is 13.0. The minimum Gasteiger partial charge on any atom is -0.478 e. The molecule has 1 saturated heterocycles. The summed E-state index contributed by atoms with van der Waals surface area (Å²) in [4.78, 5) is 26.3. The molecule has 2 aromatic carbocycles. The van der Waals surface area contributed by atoms with Crippen LogP contribution in [0.2, 0.25) is 0 Å². The summed E-state index contributed by atoms with van der Waals surface area (Å²) in [5, 5.41) is 9.36. The fourth-order valence-corrected chi connectivity index (χ4v) is 3.85. The molecule has 1 aliphatic rings. The first kappa shape index (κ1) is 20.1. The van der Waals surface area contributed by atoms with E-state index in [1.54, 1.807) is 12.1 Å². The van der Waals surface area contributed by atoms with Gasteiger partial charge in [0, 0.05) is 19.7 Å². The summed E-state index contributed by atoms with van der Waals surface area (Å²) < 4.78 is 5.75. The molecule has 0 aromatic heterocycles. The predicted molar refractivity (Wildman–Crippen MR) is 107 cm³/mol. The van der Waals surface area contributed by atoms with E-state index in [9.17, 15) is 14.7 Å². The van der Waals surface area contributed by atoms with Gasteiger partial charge in [-0.05, 0) is 49.3 Å². The van der Waals surface area contributed by atoms with Crippen molar-refractivity contribution in [3.8, 4) is 0 Å². The summed E-state index contributed by atoms with van der Waals surface area (Å²) in [5.41, 5.74) is 2.13. The van der Waals surface area contributed by atoms with Crippen LogP contribution < -0.4 is 0 Å². The highest BCUT2D eigenvalue weighted by Crippen LogP contribution is 2.27. The highest BCUT2D eigenvalue weighted by Gasteiger charge is 2.30. The lowest BCUT2D eigenvalue weighted by molar-refractivity contribution is -0.145. The summed E-state index contributed by atoms with van der Waals surface area (Å²) in [6, 6.07) is 16.8. The van der Waals surface area contributed by atoms with Gasteiger partial charge >= 0.3 is 5.97 Å². The number of ether oxygens (including phenoxy) is 1. The first-order valence-corrected chi connectivity index (χ1v) is 9.86. The fourth-order valence-electron chi connectivity index (χ4n) is 3.85. The van der Waals surface area contributed by atoms with Gasteiger partial charge in [0.2, 0.25) is 0 Å². The van der Waals surface area contributed by atoms with E-state index in [2.05, 4.69) is 0 Å². The van der Waals surface area contributed by atoms with E-state index in [-0.39, 0.29) is 5.91 Å². The first-order chi connectivity index (χ1) is 13.6. The third-order valence-corrected chi connectivity index (χ3v) is 5.34. The van der Waals surface area contributed by atoms with Crippen molar-refractivity contribution >= 4 is 11.9 Å². The van der Waals surface area contributed by atoms with Crippen LogP contribution in [0.1, 0.15) is 47.4 Å². The molecular formula is C23H27NO4. The molecular weight excluding hydrogens is 354 g/mol. The maximum absolute atomic E-state index is 13.0. The van der Waals surface area contributed by atoms with Crippen LogP contribution in [-0.2, 0) is 16.0 Å². The van der Waals surface area contributed by atoms with E-state index in [4.69, 9.17) is 4.74 Å². The number of aromatic carboxylic acids is 1. The van der Waals surface area contributed by atoms with Crippen LogP contribution in [0.3, 0.4) is 0 Å². The van der Waals surface area contributed by atoms with Gasteiger partial charge in [0.1, 0.15) is 0 Å². The average Bonchev–Trinajstić information content (AvgIpc) is 2.73. The minimum absolute atomic E-state index is 0.0115. The van der Waals surface area contributed by atoms with Crippen LogP contribution in [0.25, 0.3) is 0 Å². The molecule has 5 heteroatoms. The van der Waals surface area contributed by atoms with Crippen molar-refractivity contribution in [3.05, 3.63) is 71.3 Å². The molecule has 1 unspecified atom stereocenters. The molecule has 1 aliphatic heterocycles. The Hall–Kier alpha value is -2.66. The third kappa shape index (κ3) is 4.78. The number of carbonyl (C=O) groups is 2. The van der Waals surface area contributed by atoms with E-state index < -0.39 is 12.1 Å². The van der Waals surface area contributed by atoms with Crippen molar-refractivity contribution in [1.29, 1.82) is 0 Å². The molecule has 2 aromatic rings. The molecule has 0 aliphatic carbocycles. The number of rotatable bonds is 7. The average molecular weight is 381 g/mol. The van der Waals surface area contributed by atoms with Crippen LogP contribution in [0, 0.1) is 5.92 Å². The number of carbonyl (C=O) groups excluding carboxylic acids is 1. The van der Waals surface area contributed by atoms with Gasteiger partial charge in [0.15, 0.2) is 6.10 Å². The fraction of sp³-hybridized carbons (Fsp3) is 0.391. The second-order valence-electron chi connectivity index (χ2n) is 7.18. The Morgan fingerprint density at radius 2 is 1.71 bits per heavy atom. The van der Waals surface area contributed by atoms with E-state index in [1.165, 1.54) is 0 Å². The number of likely N-dealkylation sites (tertiary alicyclic amines) is 1. The lowest BCUT2D eigenvalue weighted by Gasteiger charge is -2.34. The third-order valence-electron chi connectivity index (χ3n) is 5.34. The zero-order chi connectivity index (χ0) is 19.9. The molecule has 148 valence electrons. The topological polar surface area (TPSA) is 66.8 Å². The summed E-state index contributed by atoms with van der Waals surface area (Å²) >= 11 is 0. The Labute approximate surface area is 165 Å². The summed E-state index contributed by atoms with van der Waals surface area (Å²) in [6.07, 6.45) is 1.91. The Bertz CT molecular complexity index is 797. The van der Waals surface area contributed by atoms with Crippen LogP contribution in [0.4, 0.5) is 0 Å². The van der Waals surface area contributed by atoms with E-state index in [0.717, 1.165) is 30.4 Å². The minimum atomic E-state index is -0.884. The van der Waals surface area contributed by atoms with Crippen molar-refractivity contribution in [2.24, 2.45) is 5.92 Å². The lowest BCUT2D eigenvalue weighted by atomic mass is 9.88. The largest absolute Gasteiger partial charge is 0.478 e. The number of hydrogen-bond donors (Lipinski definition) is 1. The van der Waals surface area contributed by atoms with E-state index in [0.29, 0.717) is 31.2 Å². The van der Waals surface area contributed by atoms with Gasteiger partial charge in [-0.25, -0.2) is 4.79 Å². The second kappa shape index (κ2) is 9.51. The summed E-state index contributed by atoms with van der Waals surface area (Å²) in [5.74, 6) is -0.491. The standard InChI is InChI=1S/C23H27NO4/c1-2-28-21(18-8-4-3-5-9-18)22(25)24-14-12-17(13-15-24)16-19-10-6-7-11-20(19)23(26)27/h3-11,17,21H,2,12-16H2,1H3,(H,26,27). The molecule has 0 saturated carbocycles. The van der Waals surface area contributed by atoms with Crippen molar-refractivity contribution in [2.45, 2.75) is 32.3 Å². The molecule has 1 amide bonds. The van der Waals surface area contributed by atoms with Gasteiger partial charge in [-0.15, -0.1) is 0 Å². The molecule has 0 bridgehead atoms. The number of benzene rings is 2. The van der Waals surface area contributed by atoms with E-state index >= 15 is 0 Å². The van der Waals surface area contributed by atoms with Crippen molar-refractivity contribution in [1.82, 2.24) is 4.90 Å². The normalized spacial score (nSPS) is 16.0. The van der Waals surface area contributed by atoms with Gasteiger partial charge in [0.05, 0.1) is 5.56 Å². The van der Waals surface area contributed by atoms with E-state index in [1.807, 2.05) is 54.3 Å². The molecule has 0 radical (unpaired) electrons. The molecule has 0 spiro atoms. The Morgan fingerprint density at radius 3 is 2.36 bits per heavy atom. The molecule has 1 atom stereocenters. The molecule has 1 heterocycles. The van der Waals surface area contributed by atoms with Gasteiger partial charge in [0.25, 0.3) is 5.91 Å². The highest BCUT2D eigenvalue weighted by atomic mass is 16.5. The predicted octanol–water partition coefficient (Wildman–Crippen LogP) is 3.94. The zero-order valence-corrected chi connectivity index (χ0v) is 16.2. The van der Waals surface area contributed by atoms with Crippen molar-refractivity contribution < 1.29 is 19.4 Å². The summed E-state index contributed by atoms with van der Waals surface area (Å²) in [6.45, 7) is 3.73. The van der Waals surface area contributed by atoms with Crippen molar-refractivity contribution in [3.63, 3.8) is 0 Å². The molecule has 1 fully saturated rings. The number of carboxylic acids is 1. The lowest BCUT2D eigenvalue weighted by Crippen LogP contribution is -2.42. The Kier molecular flexibility index (Phi) is 6.82. The molecule has 5 nitrogen and oxygen atoms in total. The first-order valence-electron chi connectivity index (χ1n) is 9.86. The van der Waals surface area contributed by atoms with Crippen LogP contribution in [-0.4, -0.2) is 41.6 Å². The number of nitrogens with zero attached hydrogens (tertiary/aromatic N) is 1. The maximum Gasteiger partial charge on any atom is 0.335 e. The van der Waals surface area contributed by atoms with Crippen LogP contribution >= 0.6 is 0 Å². The number of carboxylic acid groups (broad SMARTS) is 1. The SMILES string of the molecule is CCOC(C(=O)N1CCC(Cc2ccccc2C(=O)O)CC1)c1ccccc1. The second-order valence-corrected chi connectivity index (χ2v) is 7.18. The molecule has 28 heavy (non-hydrogen) atoms. The monoisotopic (exact) mass is 381 g/mol. The zero-order valence-electron chi connectivity index (χ0n) is 16.2. The Balaban J connectivity index is 1.61. The Morgan fingerprint density at radius 1 is 1.07 bits per heavy atom. The molecule has 3 rings (SSSR count). The number of hydrogen-bond acceptors (Lipinski definition) is 3. The molecule has 1 N–H and O–H groups in total. The number of piperidine rings is 1. The van der Waals surface area contributed by atoms with Gasteiger partial charge in [-0.2, -0.15) is 0 Å².